The highest BCUT2D eigenvalue weighted by atomic mass is 32.2. The van der Waals surface area contributed by atoms with E-state index in [4.69, 9.17) is 4.18 Å². The van der Waals surface area contributed by atoms with E-state index in [1.807, 2.05) is 26.0 Å². The van der Waals surface area contributed by atoms with Crippen molar-refractivity contribution >= 4 is 31.0 Å². The molecule has 6 nitrogen and oxygen atoms in total. The average molecular weight is 470 g/mol. The van der Waals surface area contributed by atoms with Crippen molar-refractivity contribution in [1.82, 2.24) is 3.97 Å². The van der Waals surface area contributed by atoms with Gasteiger partial charge in [0.05, 0.1) is 21.9 Å². The third-order valence-corrected chi connectivity index (χ3v) is 8.27. The van der Waals surface area contributed by atoms with Gasteiger partial charge in [0, 0.05) is 11.6 Å². The van der Waals surface area contributed by atoms with Gasteiger partial charge < -0.3 is 0 Å². The zero-order valence-corrected chi connectivity index (χ0v) is 19.4. The van der Waals surface area contributed by atoms with Gasteiger partial charge in [0.1, 0.15) is 0 Å². The number of aromatic nitrogens is 1. The van der Waals surface area contributed by atoms with Crippen LogP contribution >= 0.6 is 0 Å². The van der Waals surface area contributed by atoms with E-state index in [0.29, 0.717) is 11.1 Å². The maximum atomic E-state index is 13.3. The number of hydrogen-bond donors (Lipinski definition) is 0. The van der Waals surface area contributed by atoms with Crippen LogP contribution in [-0.4, -0.2) is 27.4 Å². The van der Waals surface area contributed by atoms with E-state index in [1.165, 1.54) is 16.1 Å². The monoisotopic (exact) mass is 469 g/mol. The maximum Gasteiger partial charge on any atom is 0.296 e. The second kappa shape index (κ2) is 8.54. The van der Waals surface area contributed by atoms with Crippen molar-refractivity contribution in [1.29, 1.82) is 0 Å². The summed E-state index contributed by atoms with van der Waals surface area (Å²) in [6.07, 6.45) is 1.78. The van der Waals surface area contributed by atoms with E-state index >= 15 is 0 Å². The Hall–Kier alpha value is -2.94. The highest BCUT2D eigenvalue weighted by molar-refractivity contribution is 7.90. The smallest absolute Gasteiger partial charge is 0.266 e. The molecule has 0 bridgehead atoms. The van der Waals surface area contributed by atoms with E-state index in [0.717, 1.165) is 16.5 Å². The van der Waals surface area contributed by atoms with Crippen LogP contribution in [-0.2, 0) is 30.7 Å². The molecule has 0 spiro atoms. The molecule has 1 aromatic heterocycles. The van der Waals surface area contributed by atoms with Crippen molar-refractivity contribution < 1.29 is 21.0 Å². The largest absolute Gasteiger partial charge is 0.296 e. The van der Waals surface area contributed by atoms with E-state index < -0.39 is 20.1 Å². The molecular weight excluding hydrogens is 446 g/mol. The second-order valence-electron chi connectivity index (χ2n) is 7.62. The van der Waals surface area contributed by atoms with E-state index in [1.54, 1.807) is 54.7 Å². The van der Waals surface area contributed by atoms with Crippen molar-refractivity contribution in [2.75, 3.05) is 6.61 Å². The molecule has 4 rings (SSSR count). The summed E-state index contributed by atoms with van der Waals surface area (Å²) in [5, 5.41) is 0.736. The Labute approximate surface area is 188 Å². The molecule has 0 aliphatic heterocycles. The van der Waals surface area contributed by atoms with Gasteiger partial charge in [-0.05, 0) is 56.2 Å². The molecule has 0 unspecified atom stereocenters. The highest BCUT2D eigenvalue weighted by Gasteiger charge is 2.22. The number of benzene rings is 3. The molecule has 166 valence electrons. The average Bonchev–Trinajstić information content (AvgIpc) is 3.14. The summed E-state index contributed by atoms with van der Waals surface area (Å²) in [6, 6.07) is 20.2. The summed E-state index contributed by atoms with van der Waals surface area (Å²) < 4.78 is 57.9. The van der Waals surface area contributed by atoms with Crippen LogP contribution in [0.15, 0.2) is 88.8 Å². The third-order valence-electron chi connectivity index (χ3n) is 5.26. The second-order valence-corrected chi connectivity index (χ2v) is 11.1. The lowest BCUT2D eigenvalue weighted by Gasteiger charge is -2.07. The predicted molar refractivity (Wildman–Crippen MR) is 124 cm³/mol. The van der Waals surface area contributed by atoms with E-state index in [2.05, 4.69) is 0 Å². The van der Waals surface area contributed by atoms with Crippen LogP contribution in [0.2, 0.25) is 0 Å². The van der Waals surface area contributed by atoms with E-state index in [9.17, 15) is 16.8 Å². The Morgan fingerprint density at radius 3 is 1.94 bits per heavy atom. The first-order chi connectivity index (χ1) is 15.2. The molecule has 0 aliphatic rings. The number of hydrogen-bond acceptors (Lipinski definition) is 5. The summed E-state index contributed by atoms with van der Waals surface area (Å²) in [5.74, 6) is 0. The molecule has 0 aliphatic carbocycles. The van der Waals surface area contributed by atoms with Gasteiger partial charge >= 0.3 is 0 Å². The Kier molecular flexibility index (Phi) is 5.94. The normalized spacial score (nSPS) is 12.3. The van der Waals surface area contributed by atoms with Crippen LogP contribution in [0.4, 0.5) is 0 Å². The SMILES string of the molecule is Cc1ccc(S(=O)(=O)OCCc2cn(S(=O)(=O)c3ccc(C)cc3)c3ccccc23)cc1. The lowest BCUT2D eigenvalue weighted by molar-refractivity contribution is 0.322. The number of aryl methyl sites for hydroxylation is 2. The fourth-order valence-corrected chi connectivity index (χ4v) is 5.77. The molecule has 3 aromatic carbocycles. The van der Waals surface area contributed by atoms with Crippen LogP contribution in [0.1, 0.15) is 16.7 Å². The molecule has 8 heteroatoms. The van der Waals surface area contributed by atoms with Gasteiger partial charge in [-0.15, -0.1) is 0 Å². The van der Waals surface area contributed by atoms with Gasteiger partial charge in [0.25, 0.3) is 20.1 Å². The minimum absolute atomic E-state index is 0.0903. The van der Waals surface area contributed by atoms with Crippen molar-refractivity contribution in [3.8, 4) is 0 Å². The Balaban J connectivity index is 1.62. The molecule has 0 fully saturated rings. The molecule has 0 saturated carbocycles. The molecule has 0 atom stereocenters. The van der Waals surface area contributed by atoms with Crippen LogP contribution in [0.5, 0.6) is 0 Å². The topological polar surface area (TPSA) is 82.4 Å². The first-order valence-corrected chi connectivity index (χ1v) is 12.9. The highest BCUT2D eigenvalue weighted by Crippen LogP contribution is 2.27. The number of rotatable bonds is 7. The van der Waals surface area contributed by atoms with Crippen molar-refractivity contribution in [3.05, 3.63) is 95.7 Å². The molecule has 4 aromatic rings. The zero-order chi connectivity index (χ0) is 22.9. The molecule has 1 heterocycles. The molecular formula is C24H23NO5S2. The Morgan fingerprint density at radius 1 is 0.750 bits per heavy atom. The van der Waals surface area contributed by atoms with Crippen LogP contribution in [0.3, 0.4) is 0 Å². The van der Waals surface area contributed by atoms with Crippen LogP contribution in [0.25, 0.3) is 10.9 Å². The number of fused-ring (bicyclic) bond motifs is 1. The summed E-state index contributed by atoms with van der Waals surface area (Å²) in [5.41, 5.74) is 3.14. The number of nitrogens with zero attached hydrogens (tertiary/aromatic N) is 1. The van der Waals surface area contributed by atoms with Crippen LogP contribution < -0.4 is 0 Å². The molecule has 0 N–H and O–H groups in total. The maximum absolute atomic E-state index is 13.3. The summed E-state index contributed by atoms with van der Waals surface area (Å²) in [6.45, 7) is 3.66. The van der Waals surface area contributed by atoms with Gasteiger partial charge in [0.15, 0.2) is 0 Å². The van der Waals surface area contributed by atoms with Gasteiger partial charge in [-0.3, -0.25) is 4.18 Å². The van der Waals surface area contributed by atoms with Crippen molar-refractivity contribution in [2.45, 2.75) is 30.1 Å². The van der Waals surface area contributed by atoms with Gasteiger partial charge in [0.2, 0.25) is 0 Å². The Bertz CT molecular complexity index is 1470. The zero-order valence-electron chi connectivity index (χ0n) is 17.7. The Morgan fingerprint density at radius 2 is 1.31 bits per heavy atom. The molecule has 0 radical (unpaired) electrons. The van der Waals surface area contributed by atoms with E-state index in [-0.39, 0.29) is 22.8 Å². The van der Waals surface area contributed by atoms with Gasteiger partial charge in [-0.25, -0.2) is 12.4 Å². The predicted octanol–water partition coefficient (Wildman–Crippen LogP) is 4.44. The first-order valence-electron chi connectivity index (χ1n) is 10.1. The molecule has 0 saturated heterocycles. The fourth-order valence-electron chi connectivity index (χ4n) is 3.47. The quantitative estimate of drug-likeness (QED) is 0.374. The minimum Gasteiger partial charge on any atom is -0.266 e. The molecule has 32 heavy (non-hydrogen) atoms. The van der Waals surface area contributed by atoms with Crippen molar-refractivity contribution in [2.24, 2.45) is 0 Å². The standard InChI is InChI=1S/C24H23NO5S2/c1-18-7-11-21(12-8-18)31(26,27)25-17-20(23-5-3-4-6-24(23)25)15-16-30-32(28,29)22-13-9-19(2)10-14-22/h3-14,17H,15-16H2,1-2H3. The number of para-hydroxylation sites is 1. The first kappa shape index (κ1) is 22.3. The van der Waals surface area contributed by atoms with Gasteiger partial charge in [-0.1, -0.05) is 53.6 Å². The molecule has 0 amide bonds. The minimum atomic E-state index is -3.89. The van der Waals surface area contributed by atoms with Crippen LogP contribution in [0, 0.1) is 13.8 Å². The van der Waals surface area contributed by atoms with Gasteiger partial charge in [-0.2, -0.15) is 8.42 Å². The summed E-state index contributed by atoms with van der Waals surface area (Å²) in [7, 11) is -7.70. The van der Waals surface area contributed by atoms with Crippen molar-refractivity contribution in [3.63, 3.8) is 0 Å². The summed E-state index contributed by atoms with van der Waals surface area (Å²) >= 11 is 0. The fraction of sp³-hybridized carbons (Fsp3) is 0.167. The lowest BCUT2D eigenvalue weighted by Crippen LogP contribution is -2.12. The summed E-state index contributed by atoms with van der Waals surface area (Å²) in [4.78, 5) is 0.279. The third kappa shape index (κ3) is 4.34. The lowest BCUT2D eigenvalue weighted by atomic mass is 10.1.